The van der Waals surface area contributed by atoms with Gasteiger partial charge in [0.1, 0.15) is 23.5 Å². The van der Waals surface area contributed by atoms with Crippen molar-refractivity contribution in [2.75, 3.05) is 25.6 Å². The fourth-order valence-corrected chi connectivity index (χ4v) is 12.3. The van der Waals surface area contributed by atoms with E-state index >= 15 is 0 Å². The smallest absolute Gasteiger partial charge is 0.337 e. The van der Waals surface area contributed by atoms with Gasteiger partial charge in [-0.3, -0.25) is 4.79 Å². The Hall–Kier alpha value is -6.94. The second-order valence-electron chi connectivity index (χ2n) is 24.3. The van der Waals surface area contributed by atoms with Crippen LogP contribution in [0.4, 0.5) is 5.69 Å². The molecular formula is C92H131Cl2NO6S. The topological polar surface area (TPSA) is 98.0 Å². The molecule has 0 bridgehead atoms. The van der Waals surface area contributed by atoms with Gasteiger partial charge in [0, 0.05) is 39.1 Å². The Morgan fingerprint density at radius 1 is 0.529 bits per heavy atom. The maximum absolute atomic E-state index is 11.5. The number of ketones is 1. The number of hydrogen-bond donors (Lipinski definition) is 2. The number of para-hydroxylation sites is 1. The highest BCUT2D eigenvalue weighted by molar-refractivity contribution is 7.17. The first kappa shape index (κ1) is 93.1. The highest BCUT2D eigenvalue weighted by atomic mass is 35.5. The lowest BCUT2D eigenvalue weighted by molar-refractivity contribution is 0.0600. The van der Waals surface area contributed by atoms with Gasteiger partial charge in [0.25, 0.3) is 0 Å². The number of halogens is 2. The van der Waals surface area contributed by atoms with Crippen LogP contribution in [-0.2, 0) is 11.2 Å². The average Bonchev–Trinajstić information content (AvgIpc) is 1.62. The largest absolute Gasteiger partial charge is 0.493 e. The molecule has 9 aromatic rings. The molecule has 10 heteroatoms. The monoisotopic (exact) mass is 1450 g/mol. The molecule has 2 N–H and O–H groups in total. The molecule has 560 valence electrons. The van der Waals surface area contributed by atoms with Gasteiger partial charge in [-0.15, -0.1) is 11.3 Å². The molecule has 3 aliphatic rings. The van der Waals surface area contributed by atoms with Gasteiger partial charge >= 0.3 is 5.97 Å². The average molecular weight is 1450 g/mol. The van der Waals surface area contributed by atoms with Crippen molar-refractivity contribution in [2.24, 2.45) is 0 Å². The van der Waals surface area contributed by atoms with E-state index in [1.807, 2.05) is 139 Å². The fourth-order valence-electron chi connectivity index (χ4n) is 11.2. The van der Waals surface area contributed by atoms with Crippen LogP contribution in [0.2, 0.25) is 10.0 Å². The Kier molecular flexibility index (Phi) is 47.5. The maximum atomic E-state index is 11.5. The van der Waals surface area contributed by atoms with Crippen molar-refractivity contribution in [3.63, 3.8) is 0 Å². The molecular weight excluding hydrogens is 1320 g/mol. The number of carbonyl (C=O) groups excluding carboxylic acids is 2. The molecule has 12 rings (SSSR count). The minimum atomic E-state index is -0.565. The number of fused-ring (bicyclic) bond motifs is 8. The standard InChI is InChI=1S/C16H19N.C16H16O.C14H18O4.C12H16O.C12H14S.C10H12Cl2.6C2H6/c1-3-11(2)12-8-6-10-15-16(12)13-7-4-5-9-14(13)17-15;1-3-11(2)12-8-9-14-13-6-4-5-7-15(13)17-16(14)10-12;1-4-9(2)10-5-11(13(16)8-15)7-12(6-10)14(17)18-3;1-3-9(2)11-5-4-10-6-7-13-12(10)8-11;1-3-9(2)10-4-5-12-11(8-10)6-7-13-12;1-3-7(2)8-4-5-9(11)10(12)6-8;6*1-2/h4-11,13-14,17H,3H2,1-2H3;4-11H,3H2,1-2H3;5-7,9,15H,4,8H2,1-3H3;4-5,8-9H,3,6-7H2,1-2H3;4-9H,3H2,1-2H3;4-7H,3H2,1-2H3;6*1-2H3. The Bertz CT molecular complexity index is 3820. The number of carbonyl (C=O) groups is 2. The molecule has 102 heavy (non-hydrogen) atoms. The summed E-state index contributed by atoms with van der Waals surface area (Å²) in [5.41, 5.74) is 14.8. The first-order valence-electron chi connectivity index (χ1n) is 38.6. The third-order valence-electron chi connectivity index (χ3n) is 18.4. The lowest BCUT2D eigenvalue weighted by Gasteiger charge is -2.19. The van der Waals surface area contributed by atoms with Crippen LogP contribution < -0.4 is 10.1 Å². The van der Waals surface area contributed by atoms with Crippen LogP contribution in [0.15, 0.2) is 174 Å². The number of benzene rings is 7. The molecule has 8 unspecified atom stereocenters. The van der Waals surface area contributed by atoms with Crippen LogP contribution in [0.1, 0.15) is 311 Å². The third kappa shape index (κ3) is 27.6. The molecule has 2 aromatic heterocycles. The number of aliphatic hydroxyl groups is 1. The molecule has 0 fully saturated rings. The van der Waals surface area contributed by atoms with E-state index in [-0.39, 0.29) is 5.92 Å². The number of rotatable bonds is 15. The number of furan rings is 1. The molecule has 0 spiro atoms. The Balaban J connectivity index is 0.000000596. The molecule has 8 atom stereocenters. The lowest BCUT2D eigenvalue weighted by Crippen LogP contribution is -2.18. The van der Waals surface area contributed by atoms with Crippen molar-refractivity contribution >= 4 is 84.0 Å². The van der Waals surface area contributed by atoms with E-state index in [1.165, 1.54) is 97.9 Å². The molecule has 7 aromatic carbocycles. The van der Waals surface area contributed by atoms with Crippen LogP contribution in [0.3, 0.4) is 0 Å². The van der Waals surface area contributed by atoms with E-state index in [0.717, 1.165) is 54.8 Å². The van der Waals surface area contributed by atoms with Gasteiger partial charge in [-0.1, -0.05) is 286 Å². The molecule has 1 aliphatic carbocycles. The summed E-state index contributed by atoms with van der Waals surface area (Å²) in [5, 5.41) is 19.8. The third-order valence-corrected chi connectivity index (χ3v) is 20.0. The first-order chi connectivity index (χ1) is 49.4. The lowest BCUT2D eigenvalue weighted by atomic mass is 9.84. The van der Waals surface area contributed by atoms with Gasteiger partial charge in [0.05, 0.1) is 35.4 Å². The molecule has 4 heterocycles. The first-order valence-corrected chi connectivity index (χ1v) is 40.2. The summed E-state index contributed by atoms with van der Waals surface area (Å²) in [6.07, 6.45) is 16.8. The quantitative estimate of drug-likeness (QED) is 0.0779. The van der Waals surface area contributed by atoms with E-state index in [0.29, 0.717) is 62.7 Å². The van der Waals surface area contributed by atoms with Crippen molar-refractivity contribution in [2.45, 2.75) is 259 Å². The number of thiophene rings is 1. The van der Waals surface area contributed by atoms with Gasteiger partial charge < -0.3 is 24.3 Å². The summed E-state index contributed by atoms with van der Waals surface area (Å²) in [7, 11) is 1.30. The number of anilines is 1. The predicted octanol–water partition coefficient (Wildman–Crippen LogP) is 29.7. The van der Waals surface area contributed by atoms with Gasteiger partial charge in [0.2, 0.25) is 0 Å². The number of ether oxygens (including phenoxy) is 2. The number of hydrogen-bond acceptors (Lipinski definition) is 8. The second-order valence-corrected chi connectivity index (χ2v) is 26.0. The molecule has 0 radical (unpaired) electrons. The van der Waals surface area contributed by atoms with Gasteiger partial charge in [0.15, 0.2) is 5.78 Å². The summed E-state index contributed by atoms with van der Waals surface area (Å²) in [6.45, 7) is 50.7. The molecule has 0 amide bonds. The zero-order chi connectivity index (χ0) is 77.0. The summed E-state index contributed by atoms with van der Waals surface area (Å²) in [4.78, 5) is 23.1. The summed E-state index contributed by atoms with van der Waals surface area (Å²) in [6, 6.07) is 48.3. The van der Waals surface area contributed by atoms with Crippen LogP contribution in [0, 0.1) is 0 Å². The summed E-state index contributed by atoms with van der Waals surface area (Å²) in [5.74, 6) is 4.12. The Labute approximate surface area is 633 Å². The van der Waals surface area contributed by atoms with Crippen molar-refractivity contribution < 1.29 is 28.6 Å². The number of Topliss-reactive ketones (excluding diaryl/α,β-unsaturated/α-hetero) is 1. The Morgan fingerprint density at radius 3 is 1.64 bits per heavy atom. The van der Waals surface area contributed by atoms with Crippen molar-refractivity contribution in [1.82, 2.24) is 0 Å². The highest BCUT2D eigenvalue weighted by Crippen LogP contribution is 2.44. The summed E-state index contributed by atoms with van der Waals surface area (Å²) >= 11 is 13.5. The molecule has 0 saturated carbocycles. The van der Waals surface area contributed by atoms with Gasteiger partial charge in [-0.05, 0) is 196 Å². The molecule has 2 aliphatic heterocycles. The Morgan fingerprint density at radius 2 is 1.05 bits per heavy atom. The fraction of sp³-hybridized carbons (Fsp3) is 0.457. The van der Waals surface area contributed by atoms with Crippen LogP contribution in [-0.4, -0.2) is 43.2 Å². The van der Waals surface area contributed by atoms with Crippen LogP contribution in [0.5, 0.6) is 5.75 Å². The zero-order valence-electron chi connectivity index (χ0n) is 67.3. The maximum Gasteiger partial charge on any atom is 0.337 e. The van der Waals surface area contributed by atoms with E-state index in [1.54, 1.807) is 12.1 Å². The SMILES string of the molecule is CC.CC.CC.CC.CC.CC.CCC(C)c1cc(C(=O)CO)cc(C(=O)OC)c1.CCC(C)c1ccc(Cl)c(Cl)c1.CCC(C)c1ccc2c(c1)OCC2.CCC(C)c1ccc2c(c1)oc1ccccc12.CCC(C)c1ccc2sccc2c1.CCC(C)c1cccc2c1C1C=CC=CC1N2. The molecule has 7 nitrogen and oxygen atoms in total. The minimum absolute atomic E-state index is 0.236. The highest BCUT2D eigenvalue weighted by Gasteiger charge is 2.32. The van der Waals surface area contributed by atoms with Crippen molar-refractivity contribution in [3.8, 4) is 5.75 Å². The number of nitrogens with one attached hydrogen (secondary N) is 1. The van der Waals surface area contributed by atoms with Crippen LogP contribution in [0.25, 0.3) is 32.0 Å². The number of allylic oxidation sites excluding steroid dienone is 2. The van der Waals surface area contributed by atoms with E-state index in [9.17, 15) is 9.59 Å². The van der Waals surface area contributed by atoms with Crippen molar-refractivity contribution in [1.29, 1.82) is 0 Å². The second kappa shape index (κ2) is 52.1. The predicted molar refractivity (Wildman–Crippen MR) is 452 cm³/mol. The van der Waals surface area contributed by atoms with Gasteiger partial charge in [-0.25, -0.2) is 4.79 Å². The number of methoxy groups -OCH3 is 1. The molecule has 0 saturated heterocycles. The normalized spacial score (nSPS) is 14.4. The minimum Gasteiger partial charge on any atom is -0.493 e. The summed E-state index contributed by atoms with van der Waals surface area (Å²) < 4.78 is 17.5. The van der Waals surface area contributed by atoms with Crippen LogP contribution >= 0.6 is 34.5 Å². The van der Waals surface area contributed by atoms with E-state index in [4.69, 9.17) is 37.5 Å². The van der Waals surface area contributed by atoms with E-state index < -0.39 is 18.4 Å². The van der Waals surface area contributed by atoms with Gasteiger partial charge in [-0.2, -0.15) is 0 Å². The zero-order valence-corrected chi connectivity index (χ0v) is 69.6. The van der Waals surface area contributed by atoms with E-state index in [2.05, 4.69) is 200 Å². The van der Waals surface area contributed by atoms with Crippen molar-refractivity contribution in [3.05, 3.63) is 235 Å². The number of esters is 1. The number of aliphatic hydroxyl groups excluding tert-OH is 1.